The first kappa shape index (κ1) is 14.8. The fourth-order valence-corrected chi connectivity index (χ4v) is 5.13. The molecule has 1 N–H and O–H groups in total. The van der Waals surface area contributed by atoms with E-state index in [9.17, 15) is 0 Å². The van der Waals surface area contributed by atoms with Crippen molar-refractivity contribution < 1.29 is 4.74 Å². The Kier molecular flexibility index (Phi) is 4.72. The van der Waals surface area contributed by atoms with E-state index in [1.54, 1.807) is 6.42 Å². The molecule has 4 atom stereocenters. The standard InChI is InChI=1S/C18H33NO/c1-3-9-19-17(13-18(20-2)7-4-8-18)12-16-11-14-5-6-15(16)10-14/h14-17,19H,3-13H2,1-2H3. The number of ether oxygens (including phenoxy) is 1. The van der Waals surface area contributed by atoms with Gasteiger partial charge in [0.1, 0.15) is 0 Å². The lowest BCUT2D eigenvalue weighted by Gasteiger charge is -2.43. The van der Waals surface area contributed by atoms with Crippen molar-refractivity contribution in [3.8, 4) is 0 Å². The molecule has 3 fully saturated rings. The summed E-state index contributed by atoms with van der Waals surface area (Å²) < 4.78 is 5.87. The lowest BCUT2D eigenvalue weighted by Crippen LogP contribution is -2.46. The first-order chi connectivity index (χ1) is 9.74. The molecule has 3 rings (SSSR count). The minimum atomic E-state index is 0.225. The van der Waals surface area contributed by atoms with Gasteiger partial charge in [0.05, 0.1) is 5.60 Å². The van der Waals surface area contributed by atoms with E-state index in [-0.39, 0.29) is 5.60 Å². The Bertz CT molecular complexity index is 307. The van der Waals surface area contributed by atoms with E-state index in [1.165, 1.54) is 64.3 Å². The van der Waals surface area contributed by atoms with E-state index in [0.29, 0.717) is 6.04 Å². The fourth-order valence-electron chi connectivity index (χ4n) is 5.13. The smallest absolute Gasteiger partial charge is 0.0693 e. The van der Waals surface area contributed by atoms with Crippen LogP contribution in [-0.4, -0.2) is 25.3 Å². The predicted molar refractivity (Wildman–Crippen MR) is 83.8 cm³/mol. The Balaban J connectivity index is 1.55. The third-order valence-electron chi connectivity index (χ3n) is 6.47. The molecule has 116 valence electrons. The maximum absolute atomic E-state index is 5.87. The molecular weight excluding hydrogens is 246 g/mol. The van der Waals surface area contributed by atoms with Crippen LogP contribution in [0.5, 0.6) is 0 Å². The summed E-state index contributed by atoms with van der Waals surface area (Å²) in [7, 11) is 1.92. The first-order valence-corrected chi connectivity index (χ1v) is 9.03. The summed E-state index contributed by atoms with van der Waals surface area (Å²) in [5.74, 6) is 3.15. The molecule has 4 unspecified atom stereocenters. The second kappa shape index (κ2) is 6.36. The van der Waals surface area contributed by atoms with Gasteiger partial charge in [0, 0.05) is 13.2 Å². The number of fused-ring (bicyclic) bond motifs is 2. The Morgan fingerprint density at radius 1 is 1.25 bits per heavy atom. The van der Waals surface area contributed by atoms with Crippen molar-refractivity contribution in [1.82, 2.24) is 5.32 Å². The van der Waals surface area contributed by atoms with Crippen LogP contribution in [0.25, 0.3) is 0 Å². The minimum absolute atomic E-state index is 0.225. The van der Waals surface area contributed by atoms with Crippen LogP contribution in [-0.2, 0) is 4.74 Å². The van der Waals surface area contributed by atoms with Crippen LogP contribution in [0, 0.1) is 17.8 Å². The molecule has 0 saturated heterocycles. The summed E-state index contributed by atoms with van der Waals surface area (Å²) in [5.41, 5.74) is 0.225. The zero-order valence-corrected chi connectivity index (χ0v) is 13.5. The van der Waals surface area contributed by atoms with Crippen molar-refractivity contribution in [2.75, 3.05) is 13.7 Å². The van der Waals surface area contributed by atoms with Crippen molar-refractivity contribution in [3.05, 3.63) is 0 Å². The lowest BCUT2D eigenvalue weighted by atomic mass is 9.73. The van der Waals surface area contributed by atoms with Crippen molar-refractivity contribution in [2.24, 2.45) is 17.8 Å². The van der Waals surface area contributed by atoms with Gasteiger partial charge in [-0.05, 0) is 82.1 Å². The highest BCUT2D eigenvalue weighted by atomic mass is 16.5. The average Bonchev–Trinajstić information content (AvgIpc) is 3.02. The molecule has 3 aliphatic rings. The maximum Gasteiger partial charge on any atom is 0.0693 e. The lowest BCUT2D eigenvalue weighted by molar-refractivity contribution is -0.0849. The monoisotopic (exact) mass is 279 g/mol. The SMILES string of the molecule is CCCNC(CC1CC2CCC1C2)CC1(OC)CCC1. The molecule has 20 heavy (non-hydrogen) atoms. The van der Waals surface area contributed by atoms with E-state index < -0.39 is 0 Å². The molecule has 0 radical (unpaired) electrons. The number of hydrogen-bond donors (Lipinski definition) is 1. The van der Waals surface area contributed by atoms with Gasteiger partial charge < -0.3 is 10.1 Å². The van der Waals surface area contributed by atoms with Gasteiger partial charge in [0.15, 0.2) is 0 Å². The Morgan fingerprint density at radius 2 is 2.10 bits per heavy atom. The Hall–Kier alpha value is -0.0800. The molecule has 2 bridgehead atoms. The average molecular weight is 279 g/mol. The summed E-state index contributed by atoms with van der Waals surface area (Å²) in [6.45, 7) is 3.45. The van der Waals surface area contributed by atoms with Gasteiger partial charge in [0.25, 0.3) is 0 Å². The van der Waals surface area contributed by atoms with Crippen LogP contribution in [0.3, 0.4) is 0 Å². The van der Waals surface area contributed by atoms with E-state index in [2.05, 4.69) is 12.2 Å². The van der Waals surface area contributed by atoms with Crippen LogP contribution < -0.4 is 5.32 Å². The highest BCUT2D eigenvalue weighted by molar-refractivity contribution is 4.96. The molecule has 0 aromatic heterocycles. The Morgan fingerprint density at radius 3 is 2.60 bits per heavy atom. The van der Waals surface area contributed by atoms with Gasteiger partial charge in [-0.2, -0.15) is 0 Å². The van der Waals surface area contributed by atoms with Crippen molar-refractivity contribution in [1.29, 1.82) is 0 Å². The van der Waals surface area contributed by atoms with Gasteiger partial charge in [-0.1, -0.05) is 13.3 Å². The molecule has 0 amide bonds. The zero-order chi connectivity index (χ0) is 14.0. The third-order valence-corrected chi connectivity index (χ3v) is 6.47. The summed E-state index contributed by atoms with van der Waals surface area (Å²) in [6, 6.07) is 0.694. The third kappa shape index (κ3) is 3.06. The van der Waals surface area contributed by atoms with Crippen molar-refractivity contribution >= 4 is 0 Å². The van der Waals surface area contributed by atoms with Crippen LogP contribution in [0.1, 0.15) is 71.1 Å². The molecular formula is C18H33NO. The van der Waals surface area contributed by atoms with E-state index in [1.807, 2.05) is 7.11 Å². The largest absolute Gasteiger partial charge is 0.378 e. The molecule has 3 saturated carbocycles. The molecule has 2 heteroatoms. The fraction of sp³-hybridized carbons (Fsp3) is 1.00. The van der Waals surface area contributed by atoms with Gasteiger partial charge in [0.2, 0.25) is 0 Å². The van der Waals surface area contributed by atoms with Crippen LogP contribution in [0.2, 0.25) is 0 Å². The second-order valence-corrected chi connectivity index (χ2v) is 7.77. The van der Waals surface area contributed by atoms with Crippen molar-refractivity contribution in [3.63, 3.8) is 0 Å². The van der Waals surface area contributed by atoms with Gasteiger partial charge in [-0.15, -0.1) is 0 Å². The highest BCUT2D eigenvalue weighted by Gasteiger charge is 2.43. The molecule has 0 aromatic rings. The van der Waals surface area contributed by atoms with Gasteiger partial charge in [-0.3, -0.25) is 0 Å². The molecule has 0 heterocycles. The summed E-state index contributed by atoms with van der Waals surface area (Å²) in [5, 5.41) is 3.83. The van der Waals surface area contributed by atoms with Crippen LogP contribution >= 0.6 is 0 Å². The van der Waals surface area contributed by atoms with Gasteiger partial charge >= 0.3 is 0 Å². The van der Waals surface area contributed by atoms with E-state index in [4.69, 9.17) is 4.74 Å². The highest BCUT2D eigenvalue weighted by Crippen LogP contribution is 2.50. The minimum Gasteiger partial charge on any atom is -0.378 e. The van der Waals surface area contributed by atoms with Crippen LogP contribution in [0.15, 0.2) is 0 Å². The quantitative estimate of drug-likeness (QED) is 0.721. The van der Waals surface area contributed by atoms with Crippen molar-refractivity contribution in [2.45, 2.75) is 82.8 Å². The summed E-state index contributed by atoms with van der Waals surface area (Å²) >= 11 is 0. The van der Waals surface area contributed by atoms with E-state index in [0.717, 1.165) is 17.8 Å². The molecule has 0 aromatic carbocycles. The normalized spacial score (nSPS) is 36.0. The van der Waals surface area contributed by atoms with Gasteiger partial charge in [-0.25, -0.2) is 0 Å². The maximum atomic E-state index is 5.87. The second-order valence-electron chi connectivity index (χ2n) is 7.77. The number of hydrogen-bond acceptors (Lipinski definition) is 2. The Labute approximate surface area is 125 Å². The molecule has 0 aliphatic heterocycles. The van der Waals surface area contributed by atoms with E-state index >= 15 is 0 Å². The summed E-state index contributed by atoms with van der Waals surface area (Å²) in [4.78, 5) is 0. The number of methoxy groups -OCH3 is 1. The van der Waals surface area contributed by atoms with Crippen LogP contribution in [0.4, 0.5) is 0 Å². The molecule has 3 aliphatic carbocycles. The zero-order valence-electron chi connectivity index (χ0n) is 13.5. The number of nitrogens with one attached hydrogen (secondary N) is 1. The topological polar surface area (TPSA) is 21.3 Å². The summed E-state index contributed by atoms with van der Waals surface area (Å²) in [6.07, 6.45) is 13.9. The predicted octanol–water partition coefficient (Wildman–Crippen LogP) is 4.14. The molecule has 0 spiro atoms. The molecule has 2 nitrogen and oxygen atoms in total. The number of rotatable bonds is 8. The first-order valence-electron chi connectivity index (χ1n) is 9.03.